The van der Waals surface area contributed by atoms with Crippen LogP contribution >= 0.6 is 0 Å². The number of nitrogens with two attached hydrogens (primary N) is 2. The summed E-state index contributed by atoms with van der Waals surface area (Å²) in [5.41, 5.74) is 12.7. The van der Waals surface area contributed by atoms with Crippen molar-refractivity contribution >= 4 is 5.91 Å². The third-order valence-corrected chi connectivity index (χ3v) is 5.36. The number of halogens is 1. The van der Waals surface area contributed by atoms with E-state index < -0.39 is 11.7 Å². The SMILES string of the molecule is Cc1cc(CCCOCCOCCOCCOCCOCCN)cc(F)c1-c1c(C(N)=O)c[nH]c1C#N. The number of nitriles is 1. The van der Waals surface area contributed by atoms with E-state index in [1.807, 2.05) is 12.1 Å². The van der Waals surface area contributed by atoms with Crippen LogP contribution in [0.25, 0.3) is 11.1 Å². The van der Waals surface area contributed by atoms with Gasteiger partial charge in [-0.05, 0) is 37.0 Å². The highest BCUT2D eigenvalue weighted by molar-refractivity contribution is 6.01. The number of nitrogens with zero attached hydrogens (tertiary/aromatic N) is 1. The Balaban J connectivity index is 1.59. The fraction of sp³-hybridized carbons (Fsp3) is 0.538. The van der Waals surface area contributed by atoms with Gasteiger partial charge in [-0.2, -0.15) is 5.26 Å². The molecule has 0 unspecified atom stereocenters. The van der Waals surface area contributed by atoms with Crippen LogP contribution in [-0.2, 0) is 30.1 Å². The van der Waals surface area contributed by atoms with E-state index in [9.17, 15) is 10.1 Å². The minimum atomic E-state index is -0.727. The highest BCUT2D eigenvalue weighted by Crippen LogP contribution is 2.33. The first kappa shape index (κ1) is 30.4. The van der Waals surface area contributed by atoms with Crippen molar-refractivity contribution in [3.8, 4) is 17.2 Å². The van der Waals surface area contributed by atoms with Gasteiger partial charge in [0.25, 0.3) is 5.91 Å². The molecule has 0 saturated heterocycles. The summed E-state index contributed by atoms with van der Waals surface area (Å²) in [5.74, 6) is -1.23. The standard InChI is InChI=1S/C26H37FN4O6/c1-19-15-20(16-22(27)24(19)25-21(26(30)32)18-31-23(25)17-29)3-2-5-33-7-9-35-11-13-37-14-12-36-10-8-34-6-4-28/h15-16,18,31H,2-14,28H2,1H3,(H2,30,32). The average molecular weight is 521 g/mol. The maximum atomic E-state index is 15.0. The van der Waals surface area contributed by atoms with Crippen LogP contribution in [0.4, 0.5) is 4.39 Å². The van der Waals surface area contributed by atoms with Gasteiger partial charge in [-0.1, -0.05) is 6.07 Å². The van der Waals surface area contributed by atoms with Crippen molar-refractivity contribution in [1.29, 1.82) is 5.26 Å². The zero-order chi connectivity index (χ0) is 26.9. The second-order valence-electron chi connectivity index (χ2n) is 8.15. The minimum absolute atomic E-state index is 0.0859. The summed E-state index contributed by atoms with van der Waals surface area (Å²) in [4.78, 5) is 14.4. The first-order valence-electron chi connectivity index (χ1n) is 12.3. The van der Waals surface area contributed by atoms with Gasteiger partial charge in [-0.15, -0.1) is 0 Å². The number of hydrogen-bond acceptors (Lipinski definition) is 8. The first-order valence-corrected chi connectivity index (χ1v) is 12.3. The van der Waals surface area contributed by atoms with Crippen LogP contribution in [-0.4, -0.2) is 83.5 Å². The van der Waals surface area contributed by atoms with Crippen LogP contribution in [0.15, 0.2) is 18.3 Å². The number of carbonyl (C=O) groups is 1. The predicted octanol–water partition coefficient (Wildman–Crippen LogP) is 2.07. The number of ether oxygens (including phenoxy) is 5. The summed E-state index contributed by atoms with van der Waals surface area (Å²) in [5, 5.41) is 9.33. The summed E-state index contributed by atoms with van der Waals surface area (Å²) in [6.07, 6.45) is 2.66. The van der Waals surface area contributed by atoms with Gasteiger partial charge < -0.3 is 40.1 Å². The van der Waals surface area contributed by atoms with Crippen molar-refractivity contribution in [3.05, 3.63) is 46.5 Å². The lowest BCUT2D eigenvalue weighted by molar-refractivity contribution is -0.0106. The van der Waals surface area contributed by atoms with Crippen LogP contribution in [0.1, 0.15) is 33.6 Å². The molecule has 0 spiro atoms. The van der Waals surface area contributed by atoms with E-state index in [1.165, 1.54) is 12.3 Å². The van der Waals surface area contributed by atoms with Gasteiger partial charge in [0.2, 0.25) is 0 Å². The number of aromatic nitrogens is 1. The molecule has 0 atom stereocenters. The van der Waals surface area contributed by atoms with Crippen molar-refractivity contribution < 1.29 is 32.9 Å². The molecule has 0 fully saturated rings. The molecule has 1 heterocycles. The van der Waals surface area contributed by atoms with Crippen LogP contribution in [0.3, 0.4) is 0 Å². The van der Waals surface area contributed by atoms with Gasteiger partial charge in [-0.25, -0.2) is 4.39 Å². The highest BCUT2D eigenvalue weighted by atomic mass is 19.1. The quantitative estimate of drug-likeness (QED) is 0.224. The van der Waals surface area contributed by atoms with Gasteiger partial charge in [0.15, 0.2) is 0 Å². The van der Waals surface area contributed by atoms with Crippen molar-refractivity contribution in [2.45, 2.75) is 19.8 Å². The molecule has 0 aliphatic rings. The second-order valence-corrected chi connectivity index (χ2v) is 8.15. The van der Waals surface area contributed by atoms with E-state index in [0.717, 1.165) is 5.56 Å². The summed E-state index contributed by atoms with van der Waals surface area (Å²) < 4.78 is 42.0. The number of H-pyrrole nitrogens is 1. The van der Waals surface area contributed by atoms with Crippen LogP contribution in [0.2, 0.25) is 0 Å². The number of nitrogens with one attached hydrogen (secondary N) is 1. The van der Waals surface area contributed by atoms with Gasteiger partial charge in [0.05, 0.1) is 65.0 Å². The van der Waals surface area contributed by atoms with Crippen LogP contribution in [0, 0.1) is 24.1 Å². The summed E-state index contributed by atoms with van der Waals surface area (Å²) in [6.45, 7) is 7.21. The lowest BCUT2D eigenvalue weighted by Crippen LogP contribution is -2.15. The summed E-state index contributed by atoms with van der Waals surface area (Å²) in [7, 11) is 0. The molecular weight excluding hydrogens is 483 g/mol. The van der Waals surface area contributed by atoms with E-state index in [-0.39, 0.29) is 22.4 Å². The highest BCUT2D eigenvalue weighted by Gasteiger charge is 2.22. The Morgan fingerprint density at radius 1 is 0.919 bits per heavy atom. The normalized spacial score (nSPS) is 11.1. The number of amides is 1. The number of carbonyl (C=O) groups excluding carboxylic acids is 1. The van der Waals surface area contributed by atoms with Crippen molar-refractivity contribution in [3.63, 3.8) is 0 Å². The molecule has 0 aliphatic carbocycles. The third kappa shape index (κ3) is 10.6. The number of benzene rings is 1. The van der Waals surface area contributed by atoms with Gasteiger partial charge in [0.1, 0.15) is 17.6 Å². The lowest BCUT2D eigenvalue weighted by Gasteiger charge is -2.12. The number of hydrogen-bond donors (Lipinski definition) is 3. The second kappa shape index (κ2) is 17.6. The van der Waals surface area contributed by atoms with Gasteiger partial charge in [0, 0.05) is 30.5 Å². The fourth-order valence-electron chi connectivity index (χ4n) is 3.69. The monoisotopic (exact) mass is 520 g/mol. The molecule has 0 aliphatic heterocycles. The lowest BCUT2D eigenvalue weighted by atomic mass is 9.93. The van der Waals surface area contributed by atoms with Crippen LogP contribution in [0.5, 0.6) is 0 Å². The molecule has 1 aromatic heterocycles. The Kier molecular flexibility index (Phi) is 14.4. The van der Waals surface area contributed by atoms with Crippen molar-refractivity contribution in [2.24, 2.45) is 11.5 Å². The molecule has 204 valence electrons. The molecule has 0 bridgehead atoms. The van der Waals surface area contributed by atoms with E-state index in [2.05, 4.69) is 4.98 Å². The van der Waals surface area contributed by atoms with Gasteiger partial charge >= 0.3 is 0 Å². The topological polar surface area (TPSA) is 155 Å². The summed E-state index contributed by atoms with van der Waals surface area (Å²) >= 11 is 0. The molecule has 0 saturated carbocycles. The van der Waals surface area contributed by atoms with E-state index >= 15 is 4.39 Å². The Labute approximate surface area is 217 Å². The molecule has 10 nitrogen and oxygen atoms in total. The summed E-state index contributed by atoms with van der Waals surface area (Å²) in [6, 6.07) is 5.22. The largest absolute Gasteiger partial charge is 0.379 e. The maximum Gasteiger partial charge on any atom is 0.250 e. The molecule has 2 aromatic rings. The maximum absolute atomic E-state index is 15.0. The number of aryl methyl sites for hydroxylation is 2. The van der Waals surface area contributed by atoms with E-state index in [0.29, 0.717) is 91.0 Å². The van der Waals surface area contributed by atoms with Crippen molar-refractivity contribution in [2.75, 3.05) is 72.6 Å². The average Bonchev–Trinajstić information content (AvgIpc) is 3.29. The fourth-order valence-corrected chi connectivity index (χ4v) is 3.69. The molecule has 0 radical (unpaired) electrons. The Morgan fingerprint density at radius 2 is 1.46 bits per heavy atom. The molecule has 11 heteroatoms. The van der Waals surface area contributed by atoms with E-state index in [4.69, 9.17) is 35.2 Å². The zero-order valence-electron chi connectivity index (χ0n) is 21.4. The van der Waals surface area contributed by atoms with Gasteiger partial charge in [-0.3, -0.25) is 4.79 Å². The third-order valence-electron chi connectivity index (χ3n) is 5.36. The molecular formula is C26H37FN4O6. The molecule has 1 aromatic carbocycles. The Morgan fingerprint density at radius 3 is 1.95 bits per heavy atom. The first-order chi connectivity index (χ1) is 18.0. The predicted molar refractivity (Wildman–Crippen MR) is 136 cm³/mol. The van der Waals surface area contributed by atoms with E-state index in [1.54, 1.807) is 6.92 Å². The molecule has 37 heavy (non-hydrogen) atoms. The Bertz CT molecular complexity index is 984. The molecule has 5 N–H and O–H groups in total. The molecule has 2 rings (SSSR count). The van der Waals surface area contributed by atoms with Crippen LogP contribution < -0.4 is 11.5 Å². The minimum Gasteiger partial charge on any atom is -0.379 e. The number of aromatic amines is 1. The number of primary amides is 1. The van der Waals surface area contributed by atoms with Crippen molar-refractivity contribution in [1.82, 2.24) is 4.98 Å². The molecule has 1 amide bonds. The Hall–Kier alpha value is -2.85. The zero-order valence-corrected chi connectivity index (χ0v) is 21.4. The number of rotatable bonds is 20. The smallest absolute Gasteiger partial charge is 0.250 e.